The molecule has 0 aliphatic rings. The summed E-state index contributed by atoms with van der Waals surface area (Å²) in [4.78, 5) is 14.7. The number of nitrogens with zero attached hydrogens (tertiary/aromatic N) is 1. The normalized spacial score (nSPS) is 11.3. The molecule has 1 amide bonds. The SMILES string of the molecule is CCN(CC)c1ccc(NC(=O)CCS(=O)(=O)c2cccc(C)c2)c(C)c1. The Balaban J connectivity index is 2.01. The summed E-state index contributed by atoms with van der Waals surface area (Å²) < 4.78 is 24.8. The lowest BCUT2D eigenvalue weighted by atomic mass is 10.1. The molecule has 0 saturated heterocycles. The number of amides is 1. The third-order valence-electron chi connectivity index (χ3n) is 4.56. The molecule has 27 heavy (non-hydrogen) atoms. The van der Waals surface area contributed by atoms with Crippen LogP contribution in [0.4, 0.5) is 11.4 Å². The van der Waals surface area contributed by atoms with Crippen LogP contribution in [0.25, 0.3) is 0 Å². The molecule has 0 aliphatic heterocycles. The van der Waals surface area contributed by atoms with Gasteiger partial charge in [0.05, 0.1) is 10.6 Å². The van der Waals surface area contributed by atoms with Gasteiger partial charge in [0.2, 0.25) is 5.91 Å². The minimum Gasteiger partial charge on any atom is -0.372 e. The van der Waals surface area contributed by atoms with Crippen molar-refractivity contribution in [2.24, 2.45) is 0 Å². The number of hydrogen-bond acceptors (Lipinski definition) is 4. The summed E-state index contributed by atoms with van der Waals surface area (Å²) in [7, 11) is -3.47. The molecular weight excluding hydrogens is 360 g/mol. The minimum atomic E-state index is -3.47. The number of carbonyl (C=O) groups excluding carboxylic acids is 1. The first kappa shape index (κ1) is 21.0. The van der Waals surface area contributed by atoms with E-state index >= 15 is 0 Å². The van der Waals surface area contributed by atoms with Gasteiger partial charge in [-0.3, -0.25) is 4.79 Å². The zero-order chi connectivity index (χ0) is 20.0. The maximum absolute atomic E-state index is 12.4. The Labute approximate surface area is 162 Å². The molecule has 0 aromatic heterocycles. The van der Waals surface area contributed by atoms with Crippen LogP contribution in [0.3, 0.4) is 0 Å². The molecule has 1 N–H and O–H groups in total. The lowest BCUT2D eigenvalue weighted by molar-refractivity contribution is -0.115. The smallest absolute Gasteiger partial charge is 0.225 e. The Kier molecular flexibility index (Phi) is 7.02. The highest BCUT2D eigenvalue weighted by Crippen LogP contribution is 2.23. The molecule has 2 rings (SSSR count). The van der Waals surface area contributed by atoms with Crippen LogP contribution in [-0.2, 0) is 14.6 Å². The van der Waals surface area contributed by atoms with Crippen LogP contribution in [-0.4, -0.2) is 33.2 Å². The average molecular weight is 389 g/mol. The van der Waals surface area contributed by atoms with E-state index in [1.165, 1.54) is 0 Å². The quantitative estimate of drug-likeness (QED) is 0.743. The highest BCUT2D eigenvalue weighted by Gasteiger charge is 2.17. The lowest BCUT2D eigenvalue weighted by Crippen LogP contribution is -2.22. The van der Waals surface area contributed by atoms with E-state index in [9.17, 15) is 13.2 Å². The largest absolute Gasteiger partial charge is 0.372 e. The molecule has 5 nitrogen and oxygen atoms in total. The Morgan fingerprint density at radius 1 is 1.04 bits per heavy atom. The van der Waals surface area contributed by atoms with Crippen LogP contribution in [0.15, 0.2) is 47.4 Å². The van der Waals surface area contributed by atoms with E-state index < -0.39 is 9.84 Å². The maximum Gasteiger partial charge on any atom is 0.225 e. The molecule has 0 saturated carbocycles. The summed E-state index contributed by atoms with van der Waals surface area (Å²) >= 11 is 0. The predicted molar refractivity (Wildman–Crippen MR) is 111 cm³/mol. The Morgan fingerprint density at radius 2 is 1.74 bits per heavy atom. The van der Waals surface area contributed by atoms with Gasteiger partial charge < -0.3 is 10.2 Å². The van der Waals surface area contributed by atoms with E-state index in [-0.39, 0.29) is 23.0 Å². The molecule has 0 bridgehead atoms. The van der Waals surface area contributed by atoms with Gasteiger partial charge in [0, 0.05) is 30.9 Å². The van der Waals surface area contributed by atoms with Gasteiger partial charge in [-0.2, -0.15) is 0 Å². The second-order valence-electron chi connectivity index (χ2n) is 6.61. The van der Waals surface area contributed by atoms with Crippen LogP contribution in [0.2, 0.25) is 0 Å². The minimum absolute atomic E-state index is 0.0759. The third kappa shape index (κ3) is 5.57. The van der Waals surface area contributed by atoms with Crippen LogP contribution >= 0.6 is 0 Å². The molecular formula is C21H28N2O3S. The summed E-state index contributed by atoms with van der Waals surface area (Å²) in [5.41, 5.74) is 3.65. The molecule has 0 atom stereocenters. The molecule has 2 aromatic rings. The van der Waals surface area contributed by atoms with E-state index in [2.05, 4.69) is 24.1 Å². The first-order chi connectivity index (χ1) is 12.8. The van der Waals surface area contributed by atoms with Crippen molar-refractivity contribution in [1.82, 2.24) is 0 Å². The van der Waals surface area contributed by atoms with E-state index in [1.807, 2.05) is 38.1 Å². The Hall–Kier alpha value is -2.34. The van der Waals surface area contributed by atoms with Crippen molar-refractivity contribution in [2.45, 2.75) is 39.0 Å². The van der Waals surface area contributed by atoms with Crippen molar-refractivity contribution < 1.29 is 13.2 Å². The van der Waals surface area contributed by atoms with E-state index in [4.69, 9.17) is 0 Å². The first-order valence-corrected chi connectivity index (χ1v) is 10.9. The number of sulfone groups is 1. The van der Waals surface area contributed by atoms with Crippen molar-refractivity contribution >= 4 is 27.1 Å². The molecule has 2 aromatic carbocycles. The average Bonchev–Trinajstić information content (AvgIpc) is 2.63. The molecule has 0 heterocycles. The van der Waals surface area contributed by atoms with E-state index in [0.29, 0.717) is 5.69 Å². The van der Waals surface area contributed by atoms with Crippen molar-refractivity contribution in [3.63, 3.8) is 0 Å². The zero-order valence-electron chi connectivity index (χ0n) is 16.5. The maximum atomic E-state index is 12.4. The van der Waals surface area contributed by atoms with Crippen LogP contribution < -0.4 is 10.2 Å². The standard InChI is InChI=1S/C21H28N2O3S/c1-5-23(6-2)18-10-11-20(17(4)15-18)22-21(24)12-13-27(25,26)19-9-7-8-16(3)14-19/h7-11,14-15H,5-6,12-13H2,1-4H3,(H,22,24). The number of anilines is 2. The second-order valence-corrected chi connectivity index (χ2v) is 8.71. The highest BCUT2D eigenvalue weighted by atomic mass is 32.2. The molecule has 146 valence electrons. The molecule has 0 radical (unpaired) electrons. The van der Waals surface area contributed by atoms with Gasteiger partial charge in [-0.25, -0.2) is 8.42 Å². The van der Waals surface area contributed by atoms with Crippen molar-refractivity contribution in [3.05, 3.63) is 53.6 Å². The highest BCUT2D eigenvalue weighted by molar-refractivity contribution is 7.91. The molecule has 6 heteroatoms. The van der Waals surface area contributed by atoms with Gasteiger partial charge >= 0.3 is 0 Å². The summed E-state index contributed by atoms with van der Waals surface area (Å²) in [6.45, 7) is 9.81. The van der Waals surface area contributed by atoms with Crippen LogP contribution in [0.1, 0.15) is 31.4 Å². The fourth-order valence-electron chi connectivity index (χ4n) is 2.94. The zero-order valence-corrected chi connectivity index (χ0v) is 17.3. The summed E-state index contributed by atoms with van der Waals surface area (Å²) in [5, 5.41) is 2.83. The molecule has 0 aliphatic carbocycles. The number of aryl methyl sites for hydroxylation is 2. The van der Waals surface area contributed by atoms with Gasteiger partial charge in [-0.1, -0.05) is 12.1 Å². The number of nitrogens with one attached hydrogen (secondary N) is 1. The van der Waals surface area contributed by atoms with Crippen molar-refractivity contribution in [1.29, 1.82) is 0 Å². The molecule has 0 spiro atoms. The fourth-order valence-corrected chi connectivity index (χ4v) is 4.28. The monoisotopic (exact) mass is 388 g/mol. The summed E-state index contributed by atoms with van der Waals surface area (Å²) in [5.74, 6) is -0.510. The van der Waals surface area contributed by atoms with Gasteiger partial charge in [-0.15, -0.1) is 0 Å². The topological polar surface area (TPSA) is 66.5 Å². The van der Waals surface area contributed by atoms with E-state index in [0.717, 1.165) is 29.9 Å². The fraction of sp³-hybridized carbons (Fsp3) is 0.381. The van der Waals surface area contributed by atoms with Crippen LogP contribution in [0, 0.1) is 13.8 Å². The van der Waals surface area contributed by atoms with E-state index in [1.54, 1.807) is 18.2 Å². The first-order valence-electron chi connectivity index (χ1n) is 9.21. The number of hydrogen-bond donors (Lipinski definition) is 1. The Morgan fingerprint density at radius 3 is 2.33 bits per heavy atom. The summed E-state index contributed by atoms with van der Waals surface area (Å²) in [6, 6.07) is 12.6. The predicted octanol–water partition coefficient (Wildman–Crippen LogP) is 3.95. The number of carbonyl (C=O) groups is 1. The Bertz CT molecular complexity index is 903. The number of benzene rings is 2. The lowest BCUT2D eigenvalue weighted by Gasteiger charge is -2.22. The van der Waals surface area contributed by atoms with Gasteiger partial charge in [0.15, 0.2) is 9.84 Å². The number of rotatable bonds is 8. The molecule has 0 unspecified atom stereocenters. The van der Waals surface area contributed by atoms with Gasteiger partial charge in [0.25, 0.3) is 0 Å². The van der Waals surface area contributed by atoms with Gasteiger partial charge in [-0.05, 0) is 69.2 Å². The van der Waals surface area contributed by atoms with Gasteiger partial charge in [0.1, 0.15) is 0 Å². The molecule has 0 fully saturated rings. The summed E-state index contributed by atoms with van der Waals surface area (Å²) in [6.07, 6.45) is -0.0759. The van der Waals surface area contributed by atoms with Crippen molar-refractivity contribution in [3.8, 4) is 0 Å². The van der Waals surface area contributed by atoms with Crippen LogP contribution in [0.5, 0.6) is 0 Å². The third-order valence-corrected chi connectivity index (χ3v) is 6.27. The van der Waals surface area contributed by atoms with Crippen molar-refractivity contribution in [2.75, 3.05) is 29.1 Å². The second kappa shape index (κ2) is 9.04.